The van der Waals surface area contributed by atoms with E-state index in [1.54, 1.807) is 12.1 Å². The fourth-order valence-electron chi connectivity index (χ4n) is 4.56. The molecular formula is C36H22BBrF10N4O2. The van der Waals surface area contributed by atoms with Crippen LogP contribution in [0.5, 0.6) is 0 Å². The normalized spacial score (nSPS) is 14.2. The van der Waals surface area contributed by atoms with Crippen molar-refractivity contribution in [3.05, 3.63) is 122 Å². The highest BCUT2D eigenvalue weighted by molar-refractivity contribution is 9.10. The summed E-state index contributed by atoms with van der Waals surface area (Å²) < 4.78 is 141. The van der Waals surface area contributed by atoms with E-state index in [2.05, 4.69) is 15.9 Å². The Labute approximate surface area is 310 Å². The average molecular weight is 823 g/mol. The molecule has 4 aromatic rings. The summed E-state index contributed by atoms with van der Waals surface area (Å²) in [6.45, 7) is 7.40. The van der Waals surface area contributed by atoms with Crippen molar-refractivity contribution in [2.45, 2.75) is 51.2 Å². The molecule has 278 valence electrons. The van der Waals surface area contributed by atoms with Crippen LogP contribution in [0.4, 0.5) is 43.9 Å². The van der Waals surface area contributed by atoms with Crippen molar-refractivity contribution in [1.82, 2.24) is 0 Å². The second-order valence-corrected chi connectivity index (χ2v) is 13.0. The van der Waals surface area contributed by atoms with Crippen molar-refractivity contribution in [3.63, 3.8) is 0 Å². The van der Waals surface area contributed by atoms with Crippen LogP contribution >= 0.6 is 15.9 Å². The van der Waals surface area contributed by atoms with Crippen LogP contribution in [0.15, 0.2) is 65.1 Å². The van der Waals surface area contributed by atoms with Gasteiger partial charge in [0.15, 0.2) is 0 Å². The second-order valence-electron chi connectivity index (χ2n) is 12.2. The number of rotatable bonds is 2. The Bertz CT molecular complexity index is 2190. The molecule has 0 amide bonds. The zero-order chi connectivity index (χ0) is 41.0. The maximum Gasteiger partial charge on any atom is 0.495 e. The van der Waals surface area contributed by atoms with Crippen LogP contribution in [0.25, 0.3) is 11.1 Å². The molecular weight excluding hydrogens is 801 g/mol. The Hall–Kier alpha value is -5.40. The molecule has 4 aromatic carbocycles. The van der Waals surface area contributed by atoms with Gasteiger partial charge >= 0.3 is 19.5 Å². The maximum atomic E-state index is 13.6. The van der Waals surface area contributed by atoms with E-state index < -0.39 is 81.8 Å². The van der Waals surface area contributed by atoms with Crippen LogP contribution < -0.4 is 5.46 Å². The summed E-state index contributed by atoms with van der Waals surface area (Å²) in [6, 6.07) is 15.4. The summed E-state index contributed by atoms with van der Waals surface area (Å²) in [5.41, 5.74) is -5.50. The first-order valence-electron chi connectivity index (χ1n) is 14.9. The predicted octanol–water partition coefficient (Wildman–Crippen LogP) is 9.87. The number of halogens is 11. The van der Waals surface area contributed by atoms with Crippen LogP contribution in [0.3, 0.4) is 0 Å². The van der Waals surface area contributed by atoms with Crippen LogP contribution in [-0.4, -0.2) is 18.3 Å². The summed E-state index contributed by atoms with van der Waals surface area (Å²) in [5.74, 6) is -4.33. The Morgan fingerprint density at radius 3 is 1.35 bits per heavy atom. The van der Waals surface area contributed by atoms with Crippen molar-refractivity contribution in [2.75, 3.05) is 0 Å². The fourth-order valence-corrected chi connectivity index (χ4v) is 5.03. The van der Waals surface area contributed by atoms with Gasteiger partial charge in [0, 0.05) is 4.47 Å². The molecule has 54 heavy (non-hydrogen) atoms. The average Bonchev–Trinajstić information content (AvgIpc) is 3.30. The van der Waals surface area contributed by atoms with Gasteiger partial charge in [-0.05, 0) is 98.9 Å². The summed E-state index contributed by atoms with van der Waals surface area (Å²) in [7, 11) is -0.846. The predicted molar refractivity (Wildman–Crippen MR) is 177 cm³/mol. The summed E-state index contributed by atoms with van der Waals surface area (Å²) in [4.78, 5) is 0. The smallest absolute Gasteiger partial charge is 0.399 e. The highest BCUT2D eigenvalue weighted by Gasteiger charge is 2.52. The molecule has 0 saturated carbocycles. The number of hydrogen-bond donors (Lipinski definition) is 0. The molecule has 1 fully saturated rings. The number of nitrogens with zero attached hydrogens (tertiary/aromatic N) is 4. The van der Waals surface area contributed by atoms with Crippen molar-refractivity contribution >= 4 is 28.5 Å². The molecule has 0 atom stereocenters. The summed E-state index contributed by atoms with van der Waals surface area (Å²) in [6.07, 6.45) is -9.23. The molecule has 5 rings (SSSR count). The van der Waals surface area contributed by atoms with Crippen LogP contribution in [0, 0.1) is 68.6 Å². The Morgan fingerprint density at radius 1 is 0.574 bits per heavy atom. The van der Waals surface area contributed by atoms with E-state index in [0.717, 1.165) is 30.3 Å². The Morgan fingerprint density at radius 2 is 0.963 bits per heavy atom. The minimum atomic E-state index is -4.80. The van der Waals surface area contributed by atoms with Gasteiger partial charge in [0.05, 0.1) is 45.6 Å². The molecule has 1 saturated heterocycles. The molecule has 1 heterocycles. The van der Waals surface area contributed by atoms with E-state index in [9.17, 15) is 43.9 Å². The monoisotopic (exact) mass is 822 g/mol. The van der Waals surface area contributed by atoms with Gasteiger partial charge in [-0.2, -0.15) is 47.4 Å². The molecule has 0 radical (unpaired) electrons. The number of alkyl halides is 6. The highest BCUT2D eigenvalue weighted by Crippen LogP contribution is 2.39. The van der Waals surface area contributed by atoms with Gasteiger partial charge < -0.3 is 9.31 Å². The number of nitriles is 4. The van der Waals surface area contributed by atoms with Gasteiger partial charge in [-0.15, -0.1) is 0 Å². The minimum Gasteiger partial charge on any atom is -0.399 e. The Balaban J connectivity index is 0.000000225. The molecule has 0 aliphatic carbocycles. The van der Waals surface area contributed by atoms with Crippen molar-refractivity contribution in [2.24, 2.45) is 0 Å². The minimum absolute atomic E-state index is 0.00414. The molecule has 0 spiro atoms. The van der Waals surface area contributed by atoms with E-state index in [1.807, 2.05) is 27.7 Å². The molecule has 6 nitrogen and oxygen atoms in total. The van der Waals surface area contributed by atoms with E-state index in [-0.39, 0.29) is 26.6 Å². The highest BCUT2D eigenvalue weighted by atomic mass is 79.9. The topological polar surface area (TPSA) is 114 Å². The van der Waals surface area contributed by atoms with Crippen molar-refractivity contribution in [1.29, 1.82) is 21.0 Å². The molecule has 0 N–H and O–H groups in total. The molecule has 18 heteroatoms. The summed E-state index contributed by atoms with van der Waals surface area (Å²) >= 11 is 2.77. The second kappa shape index (κ2) is 16.3. The van der Waals surface area contributed by atoms with Crippen molar-refractivity contribution < 1.29 is 53.2 Å². The van der Waals surface area contributed by atoms with E-state index in [0.29, 0.717) is 18.2 Å². The zero-order valence-corrected chi connectivity index (χ0v) is 29.7. The largest absolute Gasteiger partial charge is 0.495 e. The lowest BCUT2D eigenvalue weighted by molar-refractivity contribution is -0.138. The van der Waals surface area contributed by atoms with Gasteiger partial charge in [-0.1, -0.05) is 22.0 Å². The standard InChI is InChI=1S/C15H5F5N2.C13H14BF2NO2.C8H3BrF3N/c16-13-4-9(5-14(17)11(13)7-22)10-2-1-8(6-21)3-12(10)15(18,19)20;1-12(2)13(3,4)19-14(18-12)8-5-10(15)9(7-17)11(16)6-8;9-7-2-1-5(4-13)3-6(7)8(10,11)12/h1-5H;5-6H,1-4H3;1-3H. The van der Waals surface area contributed by atoms with E-state index in [1.165, 1.54) is 24.3 Å². The first-order chi connectivity index (χ1) is 24.9. The lowest BCUT2D eigenvalue weighted by Crippen LogP contribution is -2.41. The van der Waals surface area contributed by atoms with Gasteiger partial charge in [0.25, 0.3) is 0 Å². The maximum absolute atomic E-state index is 13.6. The lowest BCUT2D eigenvalue weighted by Gasteiger charge is -2.32. The van der Waals surface area contributed by atoms with Gasteiger partial charge in [0.2, 0.25) is 0 Å². The first-order valence-corrected chi connectivity index (χ1v) is 15.7. The fraction of sp³-hybridized carbons (Fsp3) is 0.222. The third-order valence-corrected chi connectivity index (χ3v) is 8.71. The zero-order valence-electron chi connectivity index (χ0n) is 28.1. The Kier molecular flexibility index (Phi) is 13.0. The SMILES string of the molecule is CC1(C)OB(c2cc(F)c(C#N)c(F)c2)OC1(C)C.N#Cc1ccc(-c2cc(F)c(C#N)c(F)c2)c(C(F)(F)F)c1.N#Cc1ccc(Br)c(C(F)(F)F)c1. The molecule has 0 unspecified atom stereocenters. The van der Waals surface area contributed by atoms with Crippen LogP contribution in [-0.2, 0) is 21.7 Å². The van der Waals surface area contributed by atoms with Gasteiger partial charge in [0.1, 0.15) is 46.5 Å². The van der Waals surface area contributed by atoms with Crippen molar-refractivity contribution in [3.8, 4) is 35.4 Å². The number of benzene rings is 4. The number of hydrogen-bond acceptors (Lipinski definition) is 6. The van der Waals surface area contributed by atoms with Gasteiger partial charge in [-0.25, -0.2) is 17.6 Å². The van der Waals surface area contributed by atoms with Crippen LogP contribution in [0.1, 0.15) is 61.1 Å². The molecule has 1 aliphatic rings. The third kappa shape index (κ3) is 9.77. The molecule has 1 aliphatic heterocycles. The summed E-state index contributed by atoms with van der Waals surface area (Å²) in [5, 5.41) is 34.3. The quantitative estimate of drug-likeness (QED) is 0.147. The molecule has 0 aromatic heterocycles. The van der Waals surface area contributed by atoms with Gasteiger partial charge in [-0.3, -0.25) is 0 Å². The van der Waals surface area contributed by atoms with E-state index in [4.69, 9.17) is 30.4 Å². The third-order valence-electron chi connectivity index (χ3n) is 8.02. The lowest BCUT2D eigenvalue weighted by atomic mass is 9.78. The molecule has 0 bridgehead atoms. The van der Waals surface area contributed by atoms with E-state index >= 15 is 0 Å². The van der Waals surface area contributed by atoms with Crippen LogP contribution in [0.2, 0.25) is 0 Å². The first kappa shape index (κ1) is 43.0.